The Balaban J connectivity index is 1.36. The summed E-state index contributed by atoms with van der Waals surface area (Å²) in [4.78, 5) is 21.0. The Hall–Kier alpha value is -3.48. The first kappa shape index (κ1) is 18.9. The number of hydrogen-bond donors (Lipinski definition) is 1. The fourth-order valence-corrected chi connectivity index (χ4v) is 3.27. The summed E-state index contributed by atoms with van der Waals surface area (Å²) in [5.74, 6) is 0.557. The number of nitrogens with one attached hydrogen (secondary N) is 1. The number of oxazole rings is 1. The maximum absolute atomic E-state index is 12.5. The lowest BCUT2D eigenvalue weighted by Gasteiger charge is -2.13. The molecule has 0 aliphatic carbocycles. The van der Waals surface area contributed by atoms with Crippen molar-refractivity contribution >= 4 is 17.0 Å². The van der Waals surface area contributed by atoms with Gasteiger partial charge in [0.05, 0.1) is 6.54 Å². The molecule has 2 aromatic heterocycles. The Labute approximate surface area is 168 Å². The van der Waals surface area contributed by atoms with Gasteiger partial charge >= 0.3 is 0 Å². The minimum absolute atomic E-state index is 0.0780. The van der Waals surface area contributed by atoms with Gasteiger partial charge in [0.15, 0.2) is 11.5 Å². The molecule has 2 aromatic carbocycles. The highest BCUT2D eigenvalue weighted by Crippen LogP contribution is 2.19. The normalized spacial score (nSPS) is 12.2. The van der Waals surface area contributed by atoms with Crippen molar-refractivity contribution in [3.05, 3.63) is 78.2 Å². The molecule has 1 atom stereocenters. The number of nitrogens with zero attached hydrogens (tertiary/aromatic N) is 4. The highest BCUT2D eigenvalue weighted by molar-refractivity contribution is 5.97. The second-order valence-corrected chi connectivity index (χ2v) is 7.12. The minimum Gasteiger partial charge on any atom is -0.441 e. The van der Waals surface area contributed by atoms with E-state index in [9.17, 15) is 4.79 Å². The molecule has 148 valence electrons. The summed E-state index contributed by atoms with van der Waals surface area (Å²) in [6, 6.07) is 15.6. The van der Waals surface area contributed by atoms with Crippen molar-refractivity contribution in [2.45, 2.75) is 38.8 Å². The molecule has 1 N–H and O–H groups in total. The molecule has 1 amide bonds. The second-order valence-electron chi connectivity index (χ2n) is 7.12. The summed E-state index contributed by atoms with van der Waals surface area (Å²) in [6.07, 6.45) is 5.81. The highest BCUT2D eigenvalue weighted by atomic mass is 16.3. The number of amides is 1. The van der Waals surface area contributed by atoms with Gasteiger partial charge < -0.3 is 9.73 Å². The van der Waals surface area contributed by atoms with E-state index < -0.39 is 0 Å². The number of benzene rings is 2. The van der Waals surface area contributed by atoms with E-state index in [-0.39, 0.29) is 11.9 Å². The van der Waals surface area contributed by atoms with Crippen LogP contribution in [0.3, 0.4) is 0 Å². The van der Waals surface area contributed by atoms with Gasteiger partial charge in [-0.15, -0.1) is 0 Å². The summed E-state index contributed by atoms with van der Waals surface area (Å²) in [6.45, 7) is 2.49. The SMILES string of the molecule is CC(Cn1cncn1)NC(=O)c1ccc2oc(CCCc3ccccc3)nc2c1. The summed E-state index contributed by atoms with van der Waals surface area (Å²) in [5, 5.41) is 7.03. The quantitative estimate of drug-likeness (QED) is 0.499. The number of rotatable bonds is 8. The Morgan fingerprint density at radius 1 is 1.17 bits per heavy atom. The molecule has 0 saturated heterocycles. The molecule has 0 bridgehead atoms. The van der Waals surface area contributed by atoms with Gasteiger partial charge in [0.25, 0.3) is 5.91 Å². The molecule has 0 spiro atoms. The second kappa shape index (κ2) is 8.68. The van der Waals surface area contributed by atoms with Crippen LogP contribution >= 0.6 is 0 Å². The molecular weight excluding hydrogens is 366 g/mol. The molecule has 0 fully saturated rings. The monoisotopic (exact) mass is 389 g/mol. The molecule has 0 saturated carbocycles. The fraction of sp³-hybridized carbons (Fsp3) is 0.273. The van der Waals surface area contributed by atoms with E-state index in [1.807, 2.05) is 25.1 Å². The average Bonchev–Trinajstić information content (AvgIpc) is 3.37. The van der Waals surface area contributed by atoms with Gasteiger partial charge in [-0.2, -0.15) is 5.10 Å². The van der Waals surface area contributed by atoms with Gasteiger partial charge in [0, 0.05) is 18.0 Å². The van der Waals surface area contributed by atoms with Crippen molar-refractivity contribution in [2.75, 3.05) is 0 Å². The standard InChI is InChI=1S/C22H23N5O2/c1-16(13-27-15-23-14-24-27)25-22(28)18-10-11-20-19(12-18)26-21(29-20)9-5-8-17-6-3-2-4-7-17/h2-4,6-7,10-12,14-16H,5,8-9,13H2,1H3,(H,25,28). The summed E-state index contributed by atoms with van der Waals surface area (Å²) < 4.78 is 7.52. The summed E-state index contributed by atoms with van der Waals surface area (Å²) in [7, 11) is 0. The van der Waals surface area contributed by atoms with Crippen molar-refractivity contribution in [1.82, 2.24) is 25.1 Å². The lowest BCUT2D eigenvalue weighted by molar-refractivity contribution is 0.0936. The van der Waals surface area contributed by atoms with Crippen molar-refractivity contribution < 1.29 is 9.21 Å². The first-order valence-electron chi connectivity index (χ1n) is 9.74. The van der Waals surface area contributed by atoms with Crippen LogP contribution in [0.5, 0.6) is 0 Å². The topological polar surface area (TPSA) is 85.8 Å². The molecule has 0 radical (unpaired) electrons. The zero-order chi connectivity index (χ0) is 20.1. The van der Waals surface area contributed by atoms with Crippen LogP contribution in [-0.2, 0) is 19.4 Å². The van der Waals surface area contributed by atoms with E-state index in [1.165, 1.54) is 11.9 Å². The Bertz CT molecular complexity index is 1070. The van der Waals surface area contributed by atoms with Gasteiger partial charge in [-0.05, 0) is 43.5 Å². The van der Waals surface area contributed by atoms with E-state index >= 15 is 0 Å². The minimum atomic E-state index is -0.145. The van der Waals surface area contributed by atoms with Gasteiger partial charge in [-0.3, -0.25) is 9.48 Å². The molecule has 4 rings (SSSR count). The number of aromatic nitrogens is 4. The van der Waals surface area contributed by atoms with Crippen molar-refractivity contribution in [3.63, 3.8) is 0 Å². The van der Waals surface area contributed by atoms with E-state index in [4.69, 9.17) is 4.42 Å². The van der Waals surface area contributed by atoms with Crippen LogP contribution in [0.4, 0.5) is 0 Å². The third-order valence-electron chi connectivity index (χ3n) is 4.70. The van der Waals surface area contributed by atoms with Crippen LogP contribution in [-0.4, -0.2) is 31.7 Å². The van der Waals surface area contributed by atoms with E-state index in [1.54, 1.807) is 29.2 Å². The molecule has 29 heavy (non-hydrogen) atoms. The Kier molecular flexibility index (Phi) is 5.65. The summed E-state index contributed by atoms with van der Waals surface area (Å²) in [5.41, 5.74) is 3.28. The third-order valence-corrected chi connectivity index (χ3v) is 4.70. The smallest absolute Gasteiger partial charge is 0.251 e. The number of aryl methyl sites for hydroxylation is 2. The molecule has 7 heteroatoms. The molecule has 1 unspecified atom stereocenters. The third kappa shape index (κ3) is 4.87. The van der Waals surface area contributed by atoms with Crippen LogP contribution in [0.2, 0.25) is 0 Å². The molecule has 0 aliphatic heterocycles. The van der Waals surface area contributed by atoms with Gasteiger partial charge in [-0.25, -0.2) is 9.97 Å². The average molecular weight is 389 g/mol. The molecule has 0 aliphatic rings. The van der Waals surface area contributed by atoms with E-state index in [0.29, 0.717) is 29.1 Å². The van der Waals surface area contributed by atoms with Crippen molar-refractivity contribution in [1.29, 1.82) is 0 Å². The zero-order valence-corrected chi connectivity index (χ0v) is 16.3. The predicted molar refractivity (Wildman–Crippen MR) is 109 cm³/mol. The van der Waals surface area contributed by atoms with Crippen molar-refractivity contribution in [2.24, 2.45) is 0 Å². The predicted octanol–water partition coefficient (Wildman–Crippen LogP) is 3.41. The van der Waals surface area contributed by atoms with Gasteiger partial charge in [0.1, 0.15) is 18.2 Å². The Morgan fingerprint density at radius 2 is 2.03 bits per heavy atom. The largest absolute Gasteiger partial charge is 0.441 e. The molecular formula is C22H23N5O2. The highest BCUT2D eigenvalue weighted by Gasteiger charge is 2.13. The van der Waals surface area contributed by atoms with Gasteiger partial charge in [-0.1, -0.05) is 30.3 Å². The van der Waals surface area contributed by atoms with E-state index in [2.05, 4.69) is 32.5 Å². The van der Waals surface area contributed by atoms with Crippen LogP contribution in [0.25, 0.3) is 11.1 Å². The first-order chi connectivity index (χ1) is 14.2. The van der Waals surface area contributed by atoms with Crippen LogP contribution < -0.4 is 5.32 Å². The van der Waals surface area contributed by atoms with Crippen LogP contribution in [0.15, 0.2) is 65.6 Å². The molecule has 7 nitrogen and oxygen atoms in total. The summed E-state index contributed by atoms with van der Waals surface area (Å²) >= 11 is 0. The zero-order valence-electron chi connectivity index (χ0n) is 16.3. The Morgan fingerprint density at radius 3 is 2.83 bits per heavy atom. The van der Waals surface area contributed by atoms with Gasteiger partial charge in [0.2, 0.25) is 0 Å². The van der Waals surface area contributed by atoms with Crippen molar-refractivity contribution in [3.8, 4) is 0 Å². The molecule has 4 aromatic rings. The number of carbonyl (C=O) groups excluding carboxylic acids is 1. The maximum Gasteiger partial charge on any atom is 0.251 e. The number of carbonyl (C=O) groups is 1. The number of fused-ring (bicyclic) bond motifs is 1. The van der Waals surface area contributed by atoms with Crippen LogP contribution in [0.1, 0.15) is 35.2 Å². The maximum atomic E-state index is 12.5. The number of hydrogen-bond acceptors (Lipinski definition) is 5. The fourth-order valence-electron chi connectivity index (χ4n) is 3.27. The molecule has 2 heterocycles. The first-order valence-corrected chi connectivity index (χ1v) is 9.74. The lowest BCUT2D eigenvalue weighted by Crippen LogP contribution is -2.35. The van der Waals surface area contributed by atoms with E-state index in [0.717, 1.165) is 19.3 Å². The van der Waals surface area contributed by atoms with Crippen LogP contribution in [0, 0.1) is 0 Å². The lowest BCUT2D eigenvalue weighted by atomic mass is 10.1.